The Bertz CT molecular complexity index is 609. The van der Waals surface area contributed by atoms with Gasteiger partial charge in [-0.15, -0.1) is 0 Å². The van der Waals surface area contributed by atoms with Crippen molar-refractivity contribution in [2.45, 2.75) is 25.8 Å². The molecule has 1 heterocycles. The molecule has 0 radical (unpaired) electrons. The largest absolute Gasteiger partial charge is 0.494 e. The molecular weight excluding hydrogens is 272 g/mol. The summed E-state index contributed by atoms with van der Waals surface area (Å²) in [7, 11) is 0. The summed E-state index contributed by atoms with van der Waals surface area (Å²) in [5.74, 6) is 0.918. The highest BCUT2D eigenvalue weighted by atomic mass is 16.5. The van der Waals surface area contributed by atoms with Crippen LogP contribution in [0.5, 0.6) is 5.75 Å². The molecule has 3 nitrogen and oxygen atoms in total. The second-order valence-electron chi connectivity index (χ2n) is 5.68. The predicted molar refractivity (Wildman–Crippen MR) is 91.5 cm³/mol. The van der Waals surface area contributed by atoms with Gasteiger partial charge in [0.15, 0.2) is 0 Å². The van der Waals surface area contributed by atoms with E-state index in [9.17, 15) is 0 Å². The summed E-state index contributed by atoms with van der Waals surface area (Å²) in [4.78, 5) is 2.45. The summed E-state index contributed by atoms with van der Waals surface area (Å²) < 4.78 is 5.53. The molecule has 0 saturated carbocycles. The van der Waals surface area contributed by atoms with Gasteiger partial charge in [0.05, 0.1) is 12.6 Å². The number of hydrogen-bond donors (Lipinski definition) is 1. The van der Waals surface area contributed by atoms with Gasteiger partial charge in [-0.3, -0.25) is 0 Å². The van der Waals surface area contributed by atoms with Crippen LogP contribution in [0.25, 0.3) is 0 Å². The molecule has 0 amide bonds. The summed E-state index contributed by atoms with van der Waals surface area (Å²) >= 11 is 0. The molecule has 0 spiro atoms. The van der Waals surface area contributed by atoms with Gasteiger partial charge >= 0.3 is 0 Å². The van der Waals surface area contributed by atoms with Crippen molar-refractivity contribution in [2.75, 3.05) is 24.6 Å². The average molecular weight is 296 g/mol. The van der Waals surface area contributed by atoms with E-state index in [1.165, 1.54) is 23.2 Å². The van der Waals surface area contributed by atoms with E-state index in [1.807, 2.05) is 19.1 Å². The minimum absolute atomic E-state index is 0.220. The van der Waals surface area contributed by atoms with E-state index in [2.05, 4.69) is 41.3 Å². The topological polar surface area (TPSA) is 38.5 Å². The van der Waals surface area contributed by atoms with E-state index in [-0.39, 0.29) is 6.04 Å². The second-order valence-corrected chi connectivity index (χ2v) is 5.68. The van der Waals surface area contributed by atoms with Gasteiger partial charge in [0.1, 0.15) is 5.75 Å². The lowest BCUT2D eigenvalue weighted by molar-refractivity contribution is 0.340. The molecule has 22 heavy (non-hydrogen) atoms. The molecule has 0 aliphatic carbocycles. The quantitative estimate of drug-likeness (QED) is 0.917. The Hall–Kier alpha value is -2.00. The number of hydrogen-bond acceptors (Lipinski definition) is 3. The Labute approximate surface area is 132 Å². The van der Waals surface area contributed by atoms with Gasteiger partial charge in [0.25, 0.3) is 0 Å². The summed E-state index contributed by atoms with van der Waals surface area (Å²) in [5.41, 5.74) is 10.1. The molecule has 1 atom stereocenters. The fourth-order valence-electron chi connectivity index (χ4n) is 3.28. The number of nitrogens with two attached hydrogens (primary N) is 1. The van der Waals surface area contributed by atoms with Crippen LogP contribution in [0.2, 0.25) is 0 Å². The third kappa shape index (κ3) is 2.95. The van der Waals surface area contributed by atoms with Crippen LogP contribution in [0.15, 0.2) is 48.5 Å². The monoisotopic (exact) mass is 296 g/mol. The lowest BCUT2D eigenvalue weighted by atomic mass is 9.97. The SMILES string of the molecule is CCOc1ccc(C(CN)N2CCCc3ccccc32)cc1. The summed E-state index contributed by atoms with van der Waals surface area (Å²) in [6.45, 7) is 4.37. The Morgan fingerprint density at radius 1 is 1.14 bits per heavy atom. The molecule has 0 fully saturated rings. The third-order valence-corrected chi connectivity index (χ3v) is 4.32. The van der Waals surface area contributed by atoms with Crippen molar-refractivity contribution in [1.82, 2.24) is 0 Å². The Morgan fingerprint density at radius 3 is 2.64 bits per heavy atom. The molecule has 3 heteroatoms. The van der Waals surface area contributed by atoms with Crippen LogP contribution in [0.3, 0.4) is 0 Å². The zero-order chi connectivity index (χ0) is 15.4. The molecule has 2 aromatic carbocycles. The minimum atomic E-state index is 0.220. The predicted octanol–water partition coefficient (Wildman–Crippen LogP) is 3.54. The highest BCUT2D eigenvalue weighted by Crippen LogP contribution is 2.34. The molecule has 0 aromatic heterocycles. The van der Waals surface area contributed by atoms with Crippen LogP contribution < -0.4 is 15.4 Å². The zero-order valence-electron chi connectivity index (χ0n) is 13.2. The molecule has 0 saturated heterocycles. The van der Waals surface area contributed by atoms with E-state index < -0.39 is 0 Å². The number of anilines is 1. The van der Waals surface area contributed by atoms with Crippen LogP contribution >= 0.6 is 0 Å². The number of aryl methyl sites for hydroxylation is 1. The molecule has 2 aromatic rings. The Kier molecular flexibility index (Phi) is 4.64. The van der Waals surface area contributed by atoms with E-state index in [0.29, 0.717) is 13.2 Å². The first kappa shape index (κ1) is 14.9. The molecule has 3 rings (SSSR count). The number of benzene rings is 2. The average Bonchev–Trinajstić information content (AvgIpc) is 2.57. The number of para-hydroxylation sites is 1. The van der Waals surface area contributed by atoms with E-state index >= 15 is 0 Å². The highest BCUT2D eigenvalue weighted by Gasteiger charge is 2.24. The number of rotatable bonds is 5. The molecule has 1 unspecified atom stereocenters. The van der Waals surface area contributed by atoms with Crippen molar-refractivity contribution in [3.63, 3.8) is 0 Å². The van der Waals surface area contributed by atoms with Crippen LogP contribution in [-0.4, -0.2) is 19.7 Å². The lowest BCUT2D eigenvalue weighted by Gasteiger charge is -2.37. The zero-order valence-corrected chi connectivity index (χ0v) is 13.2. The normalized spacial score (nSPS) is 15.3. The molecule has 1 aliphatic heterocycles. The highest BCUT2D eigenvalue weighted by molar-refractivity contribution is 5.57. The fraction of sp³-hybridized carbons (Fsp3) is 0.368. The molecule has 0 bridgehead atoms. The maximum atomic E-state index is 6.12. The lowest BCUT2D eigenvalue weighted by Crippen LogP contribution is -2.37. The van der Waals surface area contributed by atoms with Gasteiger partial charge in [-0.1, -0.05) is 30.3 Å². The van der Waals surface area contributed by atoms with Crippen LogP contribution in [0.4, 0.5) is 5.69 Å². The first-order valence-electron chi connectivity index (χ1n) is 8.11. The second kappa shape index (κ2) is 6.84. The summed E-state index contributed by atoms with van der Waals surface area (Å²) in [6, 6.07) is 17.3. The third-order valence-electron chi connectivity index (χ3n) is 4.32. The number of nitrogens with zero attached hydrogens (tertiary/aromatic N) is 1. The number of fused-ring (bicyclic) bond motifs is 1. The smallest absolute Gasteiger partial charge is 0.119 e. The standard InChI is InChI=1S/C19H24N2O/c1-2-22-17-11-9-16(10-12-17)19(14-20)21-13-5-7-15-6-3-4-8-18(15)21/h3-4,6,8-12,19H,2,5,7,13-14,20H2,1H3. The molecule has 2 N–H and O–H groups in total. The van der Waals surface area contributed by atoms with E-state index in [0.717, 1.165) is 18.7 Å². The Balaban J connectivity index is 1.88. The van der Waals surface area contributed by atoms with Crippen molar-refractivity contribution >= 4 is 5.69 Å². The van der Waals surface area contributed by atoms with Crippen LogP contribution in [0.1, 0.15) is 30.5 Å². The first-order chi connectivity index (χ1) is 10.8. The van der Waals surface area contributed by atoms with Crippen molar-refractivity contribution in [1.29, 1.82) is 0 Å². The number of ether oxygens (including phenoxy) is 1. The van der Waals surface area contributed by atoms with Crippen molar-refractivity contribution in [3.05, 3.63) is 59.7 Å². The van der Waals surface area contributed by atoms with Crippen molar-refractivity contribution < 1.29 is 4.74 Å². The van der Waals surface area contributed by atoms with Crippen molar-refractivity contribution in [3.8, 4) is 5.75 Å². The fourth-order valence-corrected chi connectivity index (χ4v) is 3.28. The molecule has 116 valence electrons. The van der Waals surface area contributed by atoms with Gasteiger partial charge in [-0.2, -0.15) is 0 Å². The van der Waals surface area contributed by atoms with E-state index in [1.54, 1.807) is 0 Å². The molecule has 1 aliphatic rings. The summed E-state index contributed by atoms with van der Waals surface area (Å²) in [6.07, 6.45) is 2.35. The van der Waals surface area contributed by atoms with Crippen molar-refractivity contribution in [2.24, 2.45) is 5.73 Å². The summed E-state index contributed by atoms with van der Waals surface area (Å²) in [5, 5.41) is 0. The van der Waals surface area contributed by atoms with Gasteiger partial charge < -0.3 is 15.4 Å². The van der Waals surface area contributed by atoms with Crippen LogP contribution in [0, 0.1) is 0 Å². The minimum Gasteiger partial charge on any atom is -0.494 e. The van der Waals surface area contributed by atoms with Gasteiger partial charge in [0, 0.05) is 18.8 Å². The first-order valence-corrected chi connectivity index (χ1v) is 8.11. The Morgan fingerprint density at radius 2 is 1.91 bits per heavy atom. The van der Waals surface area contributed by atoms with Gasteiger partial charge in [-0.05, 0) is 49.1 Å². The van der Waals surface area contributed by atoms with Gasteiger partial charge in [0.2, 0.25) is 0 Å². The van der Waals surface area contributed by atoms with Crippen LogP contribution in [-0.2, 0) is 6.42 Å². The maximum Gasteiger partial charge on any atom is 0.119 e. The maximum absolute atomic E-state index is 6.12. The van der Waals surface area contributed by atoms with Gasteiger partial charge in [-0.25, -0.2) is 0 Å². The molecular formula is C19H24N2O. The van der Waals surface area contributed by atoms with E-state index in [4.69, 9.17) is 10.5 Å².